The highest BCUT2D eigenvalue weighted by Gasteiger charge is 2.16. The standard InChI is InChI=1S/C14H12FN5S/c1-3-11-12-13(19(2)18-11)20(14(21)17-12)9-4-5-10(15)8(6-9)7-16/h4-6H,3H2,1-2H3,(H,17,21). The van der Waals surface area contributed by atoms with Crippen LogP contribution in [0.4, 0.5) is 4.39 Å². The fourth-order valence-electron chi connectivity index (χ4n) is 2.44. The van der Waals surface area contributed by atoms with Crippen LogP contribution in [0.2, 0.25) is 0 Å². The maximum atomic E-state index is 13.5. The van der Waals surface area contributed by atoms with Crippen molar-refractivity contribution in [2.45, 2.75) is 13.3 Å². The number of aromatic nitrogens is 4. The number of aryl methyl sites for hydroxylation is 2. The minimum Gasteiger partial charge on any atom is -0.327 e. The monoisotopic (exact) mass is 301 g/mol. The van der Waals surface area contributed by atoms with Crippen LogP contribution in [0.1, 0.15) is 18.2 Å². The zero-order valence-corrected chi connectivity index (χ0v) is 12.3. The Kier molecular flexibility index (Phi) is 3.11. The predicted molar refractivity (Wildman–Crippen MR) is 79.3 cm³/mol. The molecule has 5 nitrogen and oxygen atoms in total. The number of hydrogen-bond donors (Lipinski definition) is 1. The van der Waals surface area contributed by atoms with E-state index in [4.69, 9.17) is 17.5 Å². The summed E-state index contributed by atoms with van der Waals surface area (Å²) in [6, 6.07) is 6.19. The molecule has 0 saturated carbocycles. The lowest BCUT2D eigenvalue weighted by atomic mass is 10.2. The van der Waals surface area contributed by atoms with Gasteiger partial charge in [-0.3, -0.25) is 4.57 Å². The first kappa shape index (κ1) is 13.5. The predicted octanol–water partition coefficient (Wildman–Crippen LogP) is 2.99. The number of fused-ring (bicyclic) bond motifs is 1. The summed E-state index contributed by atoms with van der Waals surface area (Å²) in [4.78, 5) is 3.14. The van der Waals surface area contributed by atoms with Gasteiger partial charge in [0.2, 0.25) is 0 Å². The zero-order chi connectivity index (χ0) is 15.1. The summed E-state index contributed by atoms with van der Waals surface area (Å²) < 4.78 is 17.5. The van der Waals surface area contributed by atoms with Crippen molar-refractivity contribution in [2.24, 2.45) is 7.05 Å². The molecule has 0 saturated heterocycles. The van der Waals surface area contributed by atoms with E-state index in [2.05, 4.69) is 10.1 Å². The summed E-state index contributed by atoms with van der Waals surface area (Å²) in [5, 5.41) is 13.4. The summed E-state index contributed by atoms with van der Waals surface area (Å²) in [6.45, 7) is 2.02. The molecule has 0 aliphatic carbocycles. The molecular formula is C14H12FN5S. The van der Waals surface area contributed by atoms with Gasteiger partial charge in [-0.05, 0) is 36.8 Å². The Balaban J connectivity index is 2.35. The first-order chi connectivity index (χ1) is 10.1. The summed E-state index contributed by atoms with van der Waals surface area (Å²) >= 11 is 5.36. The van der Waals surface area contributed by atoms with Crippen molar-refractivity contribution in [1.82, 2.24) is 19.3 Å². The van der Waals surface area contributed by atoms with Gasteiger partial charge in [-0.2, -0.15) is 10.4 Å². The van der Waals surface area contributed by atoms with Crippen LogP contribution in [0.5, 0.6) is 0 Å². The average molecular weight is 301 g/mol. The number of nitriles is 1. The first-order valence-electron chi connectivity index (χ1n) is 6.43. The SMILES string of the molecule is CCc1nn(C)c2c1[nH]c(=S)n2-c1ccc(F)c(C#N)c1. The lowest BCUT2D eigenvalue weighted by Gasteiger charge is -2.05. The molecule has 1 aromatic carbocycles. The minimum absolute atomic E-state index is 0.0124. The number of H-pyrrole nitrogens is 1. The number of halogens is 1. The van der Waals surface area contributed by atoms with Crippen LogP contribution in [0.3, 0.4) is 0 Å². The molecule has 1 N–H and O–H groups in total. The van der Waals surface area contributed by atoms with Crippen molar-refractivity contribution in [2.75, 3.05) is 0 Å². The number of hydrogen-bond acceptors (Lipinski definition) is 3. The van der Waals surface area contributed by atoms with E-state index < -0.39 is 5.82 Å². The Morgan fingerprint density at radius 3 is 2.90 bits per heavy atom. The van der Waals surface area contributed by atoms with Crippen LogP contribution in [-0.4, -0.2) is 19.3 Å². The second-order valence-electron chi connectivity index (χ2n) is 4.66. The number of benzene rings is 1. The molecule has 0 aliphatic heterocycles. The normalized spacial score (nSPS) is 11.0. The second-order valence-corrected chi connectivity index (χ2v) is 5.05. The molecule has 2 aromatic heterocycles. The summed E-state index contributed by atoms with van der Waals surface area (Å²) in [5.41, 5.74) is 3.21. The average Bonchev–Trinajstić information content (AvgIpc) is 2.96. The Morgan fingerprint density at radius 1 is 1.48 bits per heavy atom. The Hall–Kier alpha value is -2.46. The molecule has 0 fully saturated rings. The van der Waals surface area contributed by atoms with Gasteiger partial charge in [-0.25, -0.2) is 9.07 Å². The summed E-state index contributed by atoms with van der Waals surface area (Å²) in [5.74, 6) is -0.543. The van der Waals surface area contributed by atoms with Crippen LogP contribution < -0.4 is 0 Å². The third-order valence-electron chi connectivity index (χ3n) is 3.40. The van der Waals surface area contributed by atoms with Gasteiger partial charge in [-0.15, -0.1) is 0 Å². The number of rotatable bonds is 2. The lowest BCUT2D eigenvalue weighted by Crippen LogP contribution is -2.02. The van der Waals surface area contributed by atoms with E-state index in [0.29, 0.717) is 10.5 Å². The van der Waals surface area contributed by atoms with E-state index in [-0.39, 0.29) is 5.56 Å². The third kappa shape index (κ3) is 1.96. The molecule has 0 aliphatic rings. The minimum atomic E-state index is -0.543. The lowest BCUT2D eigenvalue weighted by molar-refractivity contribution is 0.623. The van der Waals surface area contributed by atoms with Gasteiger partial charge >= 0.3 is 0 Å². The largest absolute Gasteiger partial charge is 0.327 e. The second kappa shape index (κ2) is 4.82. The van der Waals surface area contributed by atoms with E-state index in [1.54, 1.807) is 15.3 Å². The molecule has 0 radical (unpaired) electrons. The Labute approximate surface area is 125 Å². The van der Waals surface area contributed by atoms with Crippen LogP contribution in [0.15, 0.2) is 18.2 Å². The van der Waals surface area contributed by atoms with Crippen LogP contribution in [-0.2, 0) is 13.5 Å². The molecular weight excluding hydrogens is 289 g/mol. The molecule has 2 heterocycles. The van der Waals surface area contributed by atoms with Crippen molar-refractivity contribution in [3.63, 3.8) is 0 Å². The zero-order valence-electron chi connectivity index (χ0n) is 11.5. The third-order valence-corrected chi connectivity index (χ3v) is 3.68. The van der Waals surface area contributed by atoms with Crippen molar-refractivity contribution in [3.8, 4) is 11.8 Å². The van der Waals surface area contributed by atoms with E-state index in [1.807, 2.05) is 20.0 Å². The van der Waals surface area contributed by atoms with Crippen molar-refractivity contribution < 1.29 is 4.39 Å². The van der Waals surface area contributed by atoms with E-state index in [0.717, 1.165) is 23.3 Å². The molecule has 7 heteroatoms. The van der Waals surface area contributed by atoms with Crippen molar-refractivity contribution >= 4 is 23.4 Å². The maximum Gasteiger partial charge on any atom is 0.184 e. The van der Waals surface area contributed by atoms with E-state index >= 15 is 0 Å². The highest BCUT2D eigenvalue weighted by molar-refractivity contribution is 7.71. The molecule has 0 spiro atoms. The maximum absolute atomic E-state index is 13.5. The van der Waals surface area contributed by atoms with Crippen LogP contribution in [0.25, 0.3) is 16.9 Å². The topological polar surface area (TPSA) is 62.3 Å². The van der Waals surface area contributed by atoms with Gasteiger partial charge in [-0.1, -0.05) is 6.92 Å². The number of nitrogens with zero attached hydrogens (tertiary/aromatic N) is 4. The molecule has 106 valence electrons. The number of imidazole rings is 1. The van der Waals surface area contributed by atoms with E-state index in [1.165, 1.54) is 12.1 Å². The fraction of sp³-hybridized carbons (Fsp3) is 0.214. The molecule has 0 bridgehead atoms. The highest BCUT2D eigenvalue weighted by Crippen LogP contribution is 2.23. The van der Waals surface area contributed by atoms with Crippen LogP contribution in [0, 0.1) is 21.9 Å². The van der Waals surface area contributed by atoms with Gasteiger partial charge < -0.3 is 4.98 Å². The van der Waals surface area contributed by atoms with Crippen molar-refractivity contribution in [3.05, 3.63) is 40.0 Å². The fourth-order valence-corrected chi connectivity index (χ4v) is 2.73. The molecule has 0 amide bonds. The molecule has 0 unspecified atom stereocenters. The van der Waals surface area contributed by atoms with E-state index in [9.17, 15) is 4.39 Å². The Bertz CT molecular complexity index is 941. The van der Waals surface area contributed by atoms with Crippen LogP contribution >= 0.6 is 12.2 Å². The highest BCUT2D eigenvalue weighted by atomic mass is 32.1. The Morgan fingerprint density at radius 2 is 2.24 bits per heavy atom. The van der Waals surface area contributed by atoms with Gasteiger partial charge in [0.15, 0.2) is 10.4 Å². The summed E-state index contributed by atoms with van der Waals surface area (Å²) in [7, 11) is 1.83. The number of aromatic amines is 1. The van der Waals surface area contributed by atoms with Gasteiger partial charge in [0.05, 0.1) is 16.9 Å². The van der Waals surface area contributed by atoms with Gasteiger partial charge in [0.25, 0.3) is 0 Å². The van der Waals surface area contributed by atoms with Gasteiger partial charge in [0, 0.05) is 7.05 Å². The first-order valence-corrected chi connectivity index (χ1v) is 6.84. The molecule has 3 rings (SSSR count). The quantitative estimate of drug-likeness (QED) is 0.740. The molecule has 0 atom stereocenters. The number of nitrogens with one attached hydrogen (secondary N) is 1. The summed E-state index contributed by atoms with van der Waals surface area (Å²) in [6.07, 6.45) is 0.777. The van der Waals surface area contributed by atoms with Crippen molar-refractivity contribution in [1.29, 1.82) is 5.26 Å². The molecule has 3 aromatic rings. The smallest absolute Gasteiger partial charge is 0.184 e. The van der Waals surface area contributed by atoms with Gasteiger partial charge in [0.1, 0.15) is 17.4 Å². The molecule has 21 heavy (non-hydrogen) atoms.